The molecule has 2 rings (SSSR count). The molecule has 0 unspecified atom stereocenters. The second-order valence-corrected chi connectivity index (χ2v) is 5.87. The minimum atomic E-state index is -0.587. The normalized spacial score (nSPS) is 11.0. The monoisotopic (exact) mass is 319 g/mol. The van der Waals surface area contributed by atoms with Crippen molar-refractivity contribution >= 4 is 11.8 Å². The average Bonchev–Trinajstić information content (AvgIpc) is 2.98. The summed E-state index contributed by atoms with van der Waals surface area (Å²) in [7, 11) is 3.09. The van der Waals surface area contributed by atoms with Crippen molar-refractivity contribution < 1.29 is 19.0 Å². The Bertz CT molecular complexity index is 675. The number of carbonyl (C=O) groups is 1. The number of methoxy groups -OCH3 is 2. The summed E-state index contributed by atoms with van der Waals surface area (Å²) >= 11 is 0. The van der Waals surface area contributed by atoms with Gasteiger partial charge in [0.25, 0.3) is 0 Å². The van der Waals surface area contributed by atoms with Crippen LogP contribution in [0.25, 0.3) is 11.1 Å². The number of anilines is 1. The molecule has 0 saturated heterocycles. The maximum atomic E-state index is 12.1. The number of nitrogens with one attached hydrogen (secondary N) is 2. The van der Waals surface area contributed by atoms with Gasteiger partial charge in [0.1, 0.15) is 5.60 Å². The first-order valence-electron chi connectivity index (χ1n) is 7.09. The van der Waals surface area contributed by atoms with Gasteiger partial charge in [-0.05, 0) is 26.8 Å². The SMILES string of the molecule is COc1cc(NC(=O)OC(C)(C)C)c(-c2cn[nH]c2)cc1OC. The van der Waals surface area contributed by atoms with E-state index in [1.165, 1.54) is 7.11 Å². The highest BCUT2D eigenvalue weighted by molar-refractivity contribution is 5.92. The summed E-state index contributed by atoms with van der Waals surface area (Å²) in [4.78, 5) is 12.1. The molecule has 0 aliphatic heterocycles. The largest absolute Gasteiger partial charge is 0.493 e. The molecule has 2 aromatic rings. The minimum absolute atomic E-state index is 0.505. The highest BCUT2D eigenvalue weighted by Gasteiger charge is 2.19. The molecule has 0 spiro atoms. The van der Waals surface area contributed by atoms with Crippen LogP contribution in [0.1, 0.15) is 20.8 Å². The van der Waals surface area contributed by atoms with Crippen molar-refractivity contribution in [3.63, 3.8) is 0 Å². The third-order valence-corrected chi connectivity index (χ3v) is 2.97. The Morgan fingerprint density at radius 3 is 2.35 bits per heavy atom. The zero-order valence-electron chi connectivity index (χ0n) is 13.9. The van der Waals surface area contributed by atoms with Crippen molar-refractivity contribution in [1.29, 1.82) is 0 Å². The standard InChI is InChI=1S/C16H21N3O4/c1-16(2,3)23-15(20)19-12-7-14(22-5)13(21-4)6-11(12)10-8-17-18-9-10/h6-9H,1-5H3,(H,17,18)(H,19,20). The summed E-state index contributed by atoms with van der Waals surface area (Å²) in [6.07, 6.45) is 2.83. The topological polar surface area (TPSA) is 85.5 Å². The van der Waals surface area contributed by atoms with Gasteiger partial charge in [-0.25, -0.2) is 4.79 Å². The highest BCUT2D eigenvalue weighted by atomic mass is 16.6. The van der Waals surface area contributed by atoms with Gasteiger partial charge in [-0.3, -0.25) is 10.4 Å². The van der Waals surface area contributed by atoms with Crippen LogP contribution in [0.2, 0.25) is 0 Å². The fraction of sp³-hybridized carbons (Fsp3) is 0.375. The zero-order valence-corrected chi connectivity index (χ0v) is 13.9. The summed E-state index contributed by atoms with van der Waals surface area (Å²) < 4.78 is 15.9. The van der Waals surface area contributed by atoms with Crippen molar-refractivity contribution in [2.75, 3.05) is 19.5 Å². The van der Waals surface area contributed by atoms with Crippen LogP contribution < -0.4 is 14.8 Å². The predicted octanol–water partition coefficient (Wildman–Crippen LogP) is 3.44. The molecule has 0 fully saturated rings. The number of amides is 1. The van der Waals surface area contributed by atoms with Gasteiger partial charge in [0.15, 0.2) is 11.5 Å². The highest BCUT2D eigenvalue weighted by Crippen LogP contribution is 2.38. The summed E-state index contributed by atoms with van der Waals surface area (Å²) in [5, 5.41) is 9.43. The molecule has 1 aromatic carbocycles. The van der Waals surface area contributed by atoms with Crippen LogP contribution in [-0.4, -0.2) is 36.1 Å². The van der Waals surface area contributed by atoms with Crippen LogP contribution in [-0.2, 0) is 4.74 Å². The molecule has 0 aliphatic carbocycles. The van der Waals surface area contributed by atoms with Gasteiger partial charge in [0.2, 0.25) is 0 Å². The fourth-order valence-corrected chi connectivity index (χ4v) is 2.03. The summed E-state index contributed by atoms with van der Waals surface area (Å²) in [6, 6.07) is 3.46. The molecule has 0 aliphatic rings. The molecule has 0 saturated carbocycles. The van der Waals surface area contributed by atoms with Gasteiger partial charge in [-0.1, -0.05) is 0 Å². The Labute approximate surface area is 134 Å². The summed E-state index contributed by atoms with van der Waals surface area (Å²) in [5.74, 6) is 1.06. The first-order valence-corrected chi connectivity index (χ1v) is 7.09. The Kier molecular flexibility index (Phi) is 4.78. The molecule has 124 valence electrons. The van der Waals surface area contributed by atoms with Crippen molar-refractivity contribution in [2.45, 2.75) is 26.4 Å². The van der Waals surface area contributed by atoms with E-state index in [2.05, 4.69) is 15.5 Å². The van der Waals surface area contributed by atoms with Crippen LogP contribution in [0, 0.1) is 0 Å². The van der Waals surface area contributed by atoms with Gasteiger partial charge in [0, 0.05) is 23.4 Å². The second kappa shape index (κ2) is 6.60. The van der Waals surface area contributed by atoms with Crippen molar-refractivity contribution in [3.05, 3.63) is 24.5 Å². The number of nitrogens with zero attached hydrogens (tertiary/aromatic N) is 1. The molecule has 2 N–H and O–H groups in total. The molecule has 1 aromatic heterocycles. The Morgan fingerprint density at radius 2 is 1.83 bits per heavy atom. The van der Waals surface area contributed by atoms with Crippen molar-refractivity contribution in [2.24, 2.45) is 0 Å². The molecule has 1 amide bonds. The third-order valence-electron chi connectivity index (χ3n) is 2.97. The number of ether oxygens (including phenoxy) is 3. The Hall–Kier alpha value is -2.70. The van der Waals surface area contributed by atoms with E-state index in [0.717, 1.165) is 11.1 Å². The number of hydrogen-bond acceptors (Lipinski definition) is 5. The van der Waals surface area contributed by atoms with Crippen LogP contribution >= 0.6 is 0 Å². The number of aromatic nitrogens is 2. The van der Waals surface area contributed by atoms with Crippen molar-refractivity contribution in [3.8, 4) is 22.6 Å². The van der Waals surface area contributed by atoms with Gasteiger partial charge >= 0.3 is 6.09 Å². The van der Waals surface area contributed by atoms with Gasteiger partial charge in [-0.15, -0.1) is 0 Å². The molecule has 0 bridgehead atoms. The van der Waals surface area contributed by atoms with Crippen LogP contribution in [0.5, 0.6) is 11.5 Å². The predicted molar refractivity (Wildman–Crippen MR) is 87.0 cm³/mol. The number of benzene rings is 1. The summed E-state index contributed by atoms with van der Waals surface area (Å²) in [5.41, 5.74) is 1.49. The van der Waals surface area contributed by atoms with E-state index in [4.69, 9.17) is 14.2 Å². The van der Waals surface area contributed by atoms with Crippen LogP contribution in [0.4, 0.5) is 10.5 Å². The number of hydrogen-bond donors (Lipinski definition) is 2. The van der Waals surface area contributed by atoms with E-state index in [9.17, 15) is 4.79 Å². The van der Waals surface area contributed by atoms with Crippen LogP contribution in [0.3, 0.4) is 0 Å². The number of aromatic amines is 1. The van der Waals surface area contributed by atoms with Gasteiger partial charge < -0.3 is 14.2 Å². The molecule has 23 heavy (non-hydrogen) atoms. The quantitative estimate of drug-likeness (QED) is 0.901. The number of carbonyl (C=O) groups excluding carboxylic acids is 1. The zero-order chi connectivity index (χ0) is 17.0. The lowest BCUT2D eigenvalue weighted by atomic mass is 10.1. The first kappa shape index (κ1) is 16.7. The molecule has 1 heterocycles. The maximum absolute atomic E-state index is 12.1. The first-order chi connectivity index (χ1) is 10.8. The lowest BCUT2D eigenvalue weighted by molar-refractivity contribution is 0.0636. The lowest BCUT2D eigenvalue weighted by Gasteiger charge is -2.21. The van der Waals surface area contributed by atoms with E-state index in [1.54, 1.807) is 52.4 Å². The minimum Gasteiger partial charge on any atom is -0.493 e. The molecular weight excluding hydrogens is 298 g/mol. The Balaban J connectivity index is 2.42. The van der Waals surface area contributed by atoms with Crippen molar-refractivity contribution in [1.82, 2.24) is 10.2 Å². The molecular formula is C16H21N3O4. The second-order valence-electron chi connectivity index (χ2n) is 5.87. The molecule has 7 heteroatoms. The third kappa shape index (κ3) is 4.15. The number of rotatable bonds is 4. The number of H-pyrrole nitrogens is 1. The smallest absolute Gasteiger partial charge is 0.412 e. The lowest BCUT2D eigenvalue weighted by Crippen LogP contribution is -2.27. The van der Waals surface area contributed by atoms with E-state index >= 15 is 0 Å². The van der Waals surface area contributed by atoms with E-state index in [-0.39, 0.29) is 0 Å². The van der Waals surface area contributed by atoms with Gasteiger partial charge in [0.05, 0.1) is 26.1 Å². The van der Waals surface area contributed by atoms with Gasteiger partial charge in [-0.2, -0.15) is 5.10 Å². The van der Waals surface area contributed by atoms with E-state index < -0.39 is 11.7 Å². The average molecular weight is 319 g/mol. The Morgan fingerprint density at radius 1 is 1.17 bits per heavy atom. The summed E-state index contributed by atoms with van der Waals surface area (Å²) in [6.45, 7) is 5.41. The molecule has 0 atom stereocenters. The molecule has 0 radical (unpaired) electrons. The van der Waals surface area contributed by atoms with E-state index in [0.29, 0.717) is 17.2 Å². The van der Waals surface area contributed by atoms with Crippen LogP contribution in [0.15, 0.2) is 24.5 Å². The fourth-order valence-electron chi connectivity index (χ4n) is 2.03. The maximum Gasteiger partial charge on any atom is 0.412 e. The molecule has 7 nitrogen and oxygen atoms in total. The van der Waals surface area contributed by atoms with E-state index in [1.807, 2.05) is 0 Å².